The Labute approximate surface area is 227 Å². The Morgan fingerprint density at radius 1 is 0.838 bits per heavy atom. The van der Waals surface area contributed by atoms with Crippen molar-refractivity contribution in [2.24, 2.45) is 0 Å². The van der Waals surface area contributed by atoms with Gasteiger partial charge in [-0.15, -0.1) is 0 Å². The summed E-state index contributed by atoms with van der Waals surface area (Å²) in [5.74, 6) is 0.304. The molecule has 0 fully saturated rings. The van der Waals surface area contributed by atoms with Gasteiger partial charge in [-0.25, -0.2) is 0 Å². The average molecular weight is 519 g/mol. The molecule has 37 heavy (non-hydrogen) atoms. The van der Waals surface area contributed by atoms with Crippen molar-refractivity contribution in [2.75, 3.05) is 0 Å². The van der Waals surface area contributed by atoms with Gasteiger partial charge in [0.1, 0.15) is 6.04 Å². The molecule has 0 saturated carbocycles. The van der Waals surface area contributed by atoms with E-state index in [9.17, 15) is 9.59 Å². The van der Waals surface area contributed by atoms with E-state index in [4.69, 9.17) is 11.6 Å². The fourth-order valence-electron chi connectivity index (χ4n) is 4.25. The van der Waals surface area contributed by atoms with Crippen molar-refractivity contribution in [1.29, 1.82) is 0 Å². The minimum atomic E-state index is -0.622. The molecule has 0 aliphatic heterocycles. The SMILES string of the molecule is CC[C@H](C)NC(=O)[C@H](Cc1ccccc1)N(Cc1ccc(Cl)cc1)C(=O)CCc1ccc(C(C)C)cc1. The van der Waals surface area contributed by atoms with Crippen molar-refractivity contribution in [3.8, 4) is 0 Å². The van der Waals surface area contributed by atoms with E-state index in [1.54, 1.807) is 4.90 Å². The topological polar surface area (TPSA) is 49.4 Å². The largest absolute Gasteiger partial charge is 0.352 e. The predicted octanol–water partition coefficient (Wildman–Crippen LogP) is 6.95. The maximum absolute atomic E-state index is 13.8. The molecule has 0 aliphatic carbocycles. The quantitative estimate of drug-likeness (QED) is 0.282. The molecule has 1 N–H and O–H groups in total. The number of amides is 2. The molecule has 2 amide bonds. The van der Waals surface area contributed by atoms with Crippen LogP contribution in [0.4, 0.5) is 0 Å². The fraction of sp³-hybridized carbons (Fsp3) is 0.375. The molecule has 5 heteroatoms. The number of benzene rings is 3. The number of hydrogen-bond donors (Lipinski definition) is 1. The van der Waals surface area contributed by atoms with E-state index < -0.39 is 6.04 Å². The van der Waals surface area contributed by atoms with Crippen LogP contribution in [0.15, 0.2) is 78.9 Å². The maximum Gasteiger partial charge on any atom is 0.243 e. The van der Waals surface area contributed by atoms with E-state index >= 15 is 0 Å². The molecule has 0 aromatic heterocycles. The Kier molecular flexibility index (Phi) is 10.8. The van der Waals surface area contributed by atoms with Gasteiger partial charge >= 0.3 is 0 Å². The second kappa shape index (κ2) is 14.0. The number of carbonyl (C=O) groups is 2. The molecule has 3 rings (SSSR count). The van der Waals surface area contributed by atoms with E-state index in [2.05, 4.69) is 43.4 Å². The molecule has 0 heterocycles. The van der Waals surface area contributed by atoms with Crippen LogP contribution in [0.25, 0.3) is 0 Å². The summed E-state index contributed by atoms with van der Waals surface area (Å²) >= 11 is 6.11. The smallest absolute Gasteiger partial charge is 0.243 e. The first-order valence-corrected chi connectivity index (χ1v) is 13.6. The highest BCUT2D eigenvalue weighted by atomic mass is 35.5. The number of nitrogens with zero attached hydrogens (tertiary/aromatic N) is 1. The van der Waals surface area contributed by atoms with Crippen LogP contribution in [0, 0.1) is 0 Å². The zero-order chi connectivity index (χ0) is 26.8. The molecule has 2 atom stereocenters. The molecule has 0 saturated heterocycles. The zero-order valence-electron chi connectivity index (χ0n) is 22.4. The first-order valence-electron chi connectivity index (χ1n) is 13.2. The number of halogens is 1. The van der Waals surface area contributed by atoms with Gasteiger partial charge in [-0.3, -0.25) is 9.59 Å². The third-order valence-electron chi connectivity index (χ3n) is 6.81. The number of nitrogens with one attached hydrogen (secondary N) is 1. The van der Waals surface area contributed by atoms with Crippen molar-refractivity contribution >= 4 is 23.4 Å². The van der Waals surface area contributed by atoms with E-state index in [1.165, 1.54) is 5.56 Å². The lowest BCUT2D eigenvalue weighted by atomic mass is 9.99. The minimum Gasteiger partial charge on any atom is -0.352 e. The Bertz CT molecular complexity index is 1130. The van der Waals surface area contributed by atoms with Crippen LogP contribution in [0.2, 0.25) is 5.02 Å². The molecule has 0 spiro atoms. The van der Waals surface area contributed by atoms with Crippen LogP contribution < -0.4 is 5.32 Å². The van der Waals surface area contributed by atoms with Gasteiger partial charge in [-0.05, 0) is 60.1 Å². The third kappa shape index (κ3) is 8.75. The minimum absolute atomic E-state index is 0.0257. The van der Waals surface area contributed by atoms with Crippen molar-refractivity contribution in [3.63, 3.8) is 0 Å². The van der Waals surface area contributed by atoms with Crippen molar-refractivity contribution in [2.45, 2.75) is 77.9 Å². The normalized spacial score (nSPS) is 12.7. The Balaban J connectivity index is 1.88. The molecule has 196 valence electrons. The van der Waals surface area contributed by atoms with Crippen LogP contribution in [-0.4, -0.2) is 28.8 Å². The molecule has 0 radical (unpaired) electrons. The highest BCUT2D eigenvalue weighted by Crippen LogP contribution is 2.20. The van der Waals surface area contributed by atoms with Gasteiger partial charge in [0.25, 0.3) is 0 Å². The number of rotatable bonds is 12. The third-order valence-corrected chi connectivity index (χ3v) is 7.06. The lowest BCUT2D eigenvalue weighted by Gasteiger charge is -2.32. The Morgan fingerprint density at radius 3 is 2.05 bits per heavy atom. The summed E-state index contributed by atoms with van der Waals surface area (Å²) in [6.07, 6.45) is 2.22. The summed E-state index contributed by atoms with van der Waals surface area (Å²) in [7, 11) is 0. The highest BCUT2D eigenvalue weighted by molar-refractivity contribution is 6.30. The molecule has 0 bridgehead atoms. The standard InChI is InChI=1S/C32H39ClN2O2/c1-5-24(4)34-32(37)30(21-26-9-7-6-8-10-26)35(22-27-13-18-29(33)19-14-27)31(36)20-15-25-11-16-28(17-12-25)23(2)3/h6-14,16-19,23-24,30H,5,15,20-22H2,1-4H3,(H,34,37)/t24-,30-/m0/s1. The summed E-state index contributed by atoms with van der Waals surface area (Å²) < 4.78 is 0. The Hall–Kier alpha value is -3.11. The predicted molar refractivity (Wildman–Crippen MR) is 153 cm³/mol. The molecular formula is C32H39ClN2O2. The zero-order valence-corrected chi connectivity index (χ0v) is 23.2. The van der Waals surface area contributed by atoms with Crippen molar-refractivity contribution < 1.29 is 9.59 Å². The Morgan fingerprint density at radius 2 is 1.46 bits per heavy atom. The first kappa shape index (κ1) is 28.5. The molecule has 3 aromatic carbocycles. The lowest BCUT2D eigenvalue weighted by Crippen LogP contribution is -2.52. The van der Waals surface area contributed by atoms with Crippen LogP contribution in [-0.2, 0) is 29.0 Å². The maximum atomic E-state index is 13.8. The molecule has 3 aromatic rings. The number of carbonyl (C=O) groups excluding carboxylic acids is 2. The van der Waals surface area contributed by atoms with Crippen molar-refractivity contribution in [1.82, 2.24) is 10.2 Å². The first-order chi connectivity index (χ1) is 17.8. The van der Waals surface area contributed by atoms with Gasteiger partial charge in [0.2, 0.25) is 11.8 Å². The number of hydrogen-bond acceptors (Lipinski definition) is 2. The monoisotopic (exact) mass is 518 g/mol. The molecule has 0 unspecified atom stereocenters. The van der Waals surface area contributed by atoms with Gasteiger partial charge in [0.05, 0.1) is 0 Å². The fourth-order valence-corrected chi connectivity index (χ4v) is 4.37. The summed E-state index contributed by atoms with van der Waals surface area (Å²) in [6.45, 7) is 8.71. The van der Waals surface area contributed by atoms with E-state index in [0.717, 1.165) is 23.1 Å². The molecule has 0 aliphatic rings. The van der Waals surface area contributed by atoms with E-state index in [1.807, 2.05) is 68.4 Å². The van der Waals surface area contributed by atoms with Gasteiger partial charge in [0, 0.05) is 30.5 Å². The summed E-state index contributed by atoms with van der Waals surface area (Å²) in [5.41, 5.74) is 4.36. The van der Waals surface area contributed by atoms with Crippen molar-refractivity contribution in [3.05, 3.63) is 106 Å². The van der Waals surface area contributed by atoms with Gasteiger partial charge in [-0.2, -0.15) is 0 Å². The number of aryl methyl sites for hydroxylation is 1. The summed E-state index contributed by atoms with van der Waals surface area (Å²) in [5, 5.41) is 3.76. The molecule has 4 nitrogen and oxygen atoms in total. The van der Waals surface area contributed by atoms with Gasteiger partial charge < -0.3 is 10.2 Å². The highest BCUT2D eigenvalue weighted by Gasteiger charge is 2.30. The summed E-state index contributed by atoms with van der Waals surface area (Å²) in [6, 6.07) is 25.2. The van der Waals surface area contributed by atoms with Crippen LogP contribution >= 0.6 is 11.6 Å². The van der Waals surface area contributed by atoms with Gasteiger partial charge in [-0.1, -0.05) is 99.1 Å². The van der Waals surface area contributed by atoms with Crippen LogP contribution in [0.1, 0.15) is 68.7 Å². The van der Waals surface area contributed by atoms with E-state index in [-0.39, 0.29) is 17.9 Å². The second-order valence-electron chi connectivity index (χ2n) is 10.1. The van der Waals surface area contributed by atoms with E-state index in [0.29, 0.717) is 36.7 Å². The van der Waals surface area contributed by atoms with Crippen LogP contribution in [0.5, 0.6) is 0 Å². The van der Waals surface area contributed by atoms with Gasteiger partial charge in [0.15, 0.2) is 0 Å². The summed E-state index contributed by atoms with van der Waals surface area (Å²) in [4.78, 5) is 29.1. The second-order valence-corrected chi connectivity index (χ2v) is 10.5. The molecular weight excluding hydrogens is 480 g/mol. The lowest BCUT2D eigenvalue weighted by molar-refractivity contribution is -0.141. The average Bonchev–Trinajstić information content (AvgIpc) is 2.91. The van der Waals surface area contributed by atoms with Crippen LogP contribution in [0.3, 0.4) is 0 Å².